The fraction of sp³-hybridized carbons (Fsp3) is 0.188. The van der Waals surface area contributed by atoms with E-state index in [4.69, 9.17) is 14.6 Å². The number of aryl methyl sites for hydroxylation is 1. The van der Waals surface area contributed by atoms with E-state index in [0.717, 1.165) is 5.56 Å². The van der Waals surface area contributed by atoms with E-state index < -0.39 is 11.9 Å². The fourth-order valence-electron chi connectivity index (χ4n) is 1.93. The van der Waals surface area contributed by atoms with Gasteiger partial charge in [0.25, 0.3) is 5.91 Å². The molecule has 0 saturated heterocycles. The number of nitrogens with one attached hydrogen (secondary N) is 1. The van der Waals surface area contributed by atoms with Gasteiger partial charge in [-0.3, -0.25) is 9.59 Å². The molecule has 120 valence electrons. The van der Waals surface area contributed by atoms with E-state index >= 15 is 0 Å². The van der Waals surface area contributed by atoms with Gasteiger partial charge in [0.1, 0.15) is 5.76 Å². The SMILES string of the molecule is O=C(O)CCc1ccc(C(=O)NCc2ccc(C(=O)O)o2)cc1. The lowest BCUT2D eigenvalue weighted by molar-refractivity contribution is -0.136. The Morgan fingerprint density at radius 3 is 2.26 bits per heavy atom. The van der Waals surface area contributed by atoms with Gasteiger partial charge in [0, 0.05) is 12.0 Å². The van der Waals surface area contributed by atoms with Gasteiger partial charge in [0.05, 0.1) is 6.54 Å². The summed E-state index contributed by atoms with van der Waals surface area (Å²) in [7, 11) is 0. The molecule has 0 unspecified atom stereocenters. The second-order valence-electron chi connectivity index (χ2n) is 4.84. The molecule has 0 aliphatic rings. The number of aromatic carboxylic acids is 1. The zero-order valence-corrected chi connectivity index (χ0v) is 12.1. The van der Waals surface area contributed by atoms with Gasteiger partial charge >= 0.3 is 11.9 Å². The Morgan fingerprint density at radius 1 is 1.00 bits per heavy atom. The Balaban J connectivity index is 1.89. The van der Waals surface area contributed by atoms with Gasteiger partial charge < -0.3 is 19.9 Å². The number of amides is 1. The summed E-state index contributed by atoms with van der Waals surface area (Å²) in [6.07, 6.45) is 0.442. The monoisotopic (exact) mass is 317 g/mol. The van der Waals surface area contributed by atoms with Crippen molar-refractivity contribution in [3.8, 4) is 0 Å². The van der Waals surface area contributed by atoms with Crippen LogP contribution in [-0.2, 0) is 17.8 Å². The third-order valence-corrected chi connectivity index (χ3v) is 3.14. The van der Waals surface area contributed by atoms with E-state index in [9.17, 15) is 14.4 Å². The van der Waals surface area contributed by atoms with Gasteiger partial charge in [-0.1, -0.05) is 12.1 Å². The Labute approximate surface area is 131 Å². The van der Waals surface area contributed by atoms with Crippen LogP contribution in [0.1, 0.15) is 38.7 Å². The molecule has 0 aliphatic heterocycles. The minimum absolute atomic E-state index is 0.0376. The summed E-state index contributed by atoms with van der Waals surface area (Å²) in [6, 6.07) is 9.43. The van der Waals surface area contributed by atoms with Gasteiger partial charge in [0.2, 0.25) is 5.76 Å². The summed E-state index contributed by atoms with van der Waals surface area (Å²) in [4.78, 5) is 33.2. The smallest absolute Gasteiger partial charge is 0.371 e. The van der Waals surface area contributed by atoms with Gasteiger partial charge in [-0.2, -0.15) is 0 Å². The summed E-state index contributed by atoms with van der Waals surface area (Å²) < 4.78 is 5.03. The molecule has 1 aromatic heterocycles. The molecule has 0 atom stereocenters. The van der Waals surface area contributed by atoms with Crippen molar-refractivity contribution in [3.63, 3.8) is 0 Å². The van der Waals surface area contributed by atoms with E-state index in [2.05, 4.69) is 5.32 Å². The number of rotatable bonds is 7. The maximum absolute atomic E-state index is 12.0. The van der Waals surface area contributed by atoms with Gasteiger partial charge in [-0.15, -0.1) is 0 Å². The first-order chi connectivity index (χ1) is 11.0. The highest BCUT2D eigenvalue weighted by molar-refractivity contribution is 5.94. The maximum Gasteiger partial charge on any atom is 0.371 e. The van der Waals surface area contributed by atoms with Crippen LogP contribution < -0.4 is 5.32 Å². The number of furan rings is 1. The predicted octanol–water partition coefficient (Wildman–Crippen LogP) is 1.93. The Morgan fingerprint density at radius 2 is 1.70 bits per heavy atom. The van der Waals surface area contributed by atoms with Crippen molar-refractivity contribution in [1.82, 2.24) is 5.32 Å². The number of aliphatic carboxylic acids is 1. The Bertz CT molecular complexity index is 716. The largest absolute Gasteiger partial charge is 0.481 e. The lowest BCUT2D eigenvalue weighted by atomic mass is 10.1. The van der Waals surface area contributed by atoms with E-state index in [-0.39, 0.29) is 24.6 Å². The zero-order valence-electron chi connectivity index (χ0n) is 12.1. The molecular weight excluding hydrogens is 302 g/mol. The highest BCUT2D eigenvalue weighted by Crippen LogP contribution is 2.09. The molecule has 23 heavy (non-hydrogen) atoms. The fourth-order valence-corrected chi connectivity index (χ4v) is 1.93. The van der Waals surface area contributed by atoms with Crippen molar-refractivity contribution in [2.45, 2.75) is 19.4 Å². The van der Waals surface area contributed by atoms with Crippen molar-refractivity contribution >= 4 is 17.8 Å². The number of carboxylic acids is 2. The first-order valence-electron chi connectivity index (χ1n) is 6.86. The molecule has 2 rings (SSSR count). The zero-order chi connectivity index (χ0) is 16.8. The number of carbonyl (C=O) groups excluding carboxylic acids is 1. The summed E-state index contributed by atoms with van der Waals surface area (Å²) in [5, 5.41) is 20.0. The van der Waals surface area contributed by atoms with E-state index in [1.54, 1.807) is 24.3 Å². The van der Waals surface area contributed by atoms with Crippen molar-refractivity contribution in [1.29, 1.82) is 0 Å². The average molecular weight is 317 g/mol. The number of benzene rings is 1. The molecule has 2 aromatic rings. The van der Waals surface area contributed by atoms with Crippen LogP contribution in [0.25, 0.3) is 0 Å². The number of carboxylic acid groups (broad SMARTS) is 2. The van der Waals surface area contributed by atoms with Crippen LogP contribution in [0.2, 0.25) is 0 Å². The molecule has 3 N–H and O–H groups in total. The summed E-state index contributed by atoms with van der Waals surface area (Å²) in [6.45, 7) is 0.0763. The normalized spacial score (nSPS) is 10.3. The van der Waals surface area contributed by atoms with Gasteiger partial charge in [-0.05, 0) is 36.2 Å². The first kappa shape index (κ1) is 16.3. The summed E-state index contributed by atoms with van der Waals surface area (Å²) in [5.41, 5.74) is 1.26. The van der Waals surface area contributed by atoms with Crippen LogP contribution >= 0.6 is 0 Å². The highest BCUT2D eigenvalue weighted by atomic mass is 16.4. The highest BCUT2D eigenvalue weighted by Gasteiger charge is 2.11. The van der Waals surface area contributed by atoms with Crippen molar-refractivity contribution in [3.05, 3.63) is 59.0 Å². The second kappa shape index (κ2) is 7.26. The van der Waals surface area contributed by atoms with Crippen LogP contribution in [0, 0.1) is 0 Å². The van der Waals surface area contributed by atoms with E-state index in [1.807, 2.05) is 0 Å². The number of carbonyl (C=O) groups is 3. The van der Waals surface area contributed by atoms with E-state index in [1.165, 1.54) is 12.1 Å². The van der Waals surface area contributed by atoms with Gasteiger partial charge in [-0.25, -0.2) is 4.79 Å². The molecule has 0 bridgehead atoms. The second-order valence-corrected chi connectivity index (χ2v) is 4.84. The summed E-state index contributed by atoms with van der Waals surface area (Å²) >= 11 is 0. The Kier molecular flexibility index (Phi) is 5.14. The topological polar surface area (TPSA) is 117 Å². The minimum atomic E-state index is -1.17. The van der Waals surface area contributed by atoms with Crippen molar-refractivity contribution in [2.24, 2.45) is 0 Å². The molecule has 0 saturated carbocycles. The first-order valence-corrected chi connectivity index (χ1v) is 6.86. The molecule has 1 aromatic carbocycles. The van der Waals surface area contributed by atoms with Crippen LogP contribution in [0.4, 0.5) is 0 Å². The lowest BCUT2D eigenvalue weighted by Crippen LogP contribution is -2.22. The third kappa shape index (κ3) is 4.70. The predicted molar refractivity (Wildman–Crippen MR) is 79.2 cm³/mol. The van der Waals surface area contributed by atoms with Crippen LogP contribution in [-0.4, -0.2) is 28.1 Å². The Hall–Kier alpha value is -3.09. The third-order valence-electron chi connectivity index (χ3n) is 3.14. The van der Waals surface area contributed by atoms with Crippen LogP contribution in [0.15, 0.2) is 40.8 Å². The van der Waals surface area contributed by atoms with Gasteiger partial charge in [0.15, 0.2) is 0 Å². The van der Waals surface area contributed by atoms with Crippen LogP contribution in [0.5, 0.6) is 0 Å². The van der Waals surface area contributed by atoms with E-state index in [0.29, 0.717) is 17.7 Å². The van der Waals surface area contributed by atoms with Crippen molar-refractivity contribution < 1.29 is 29.0 Å². The molecular formula is C16H15NO6. The quantitative estimate of drug-likeness (QED) is 0.718. The average Bonchev–Trinajstić information content (AvgIpc) is 3.00. The molecule has 1 amide bonds. The molecule has 7 heteroatoms. The minimum Gasteiger partial charge on any atom is -0.481 e. The van der Waals surface area contributed by atoms with Crippen LogP contribution in [0.3, 0.4) is 0 Å². The van der Waals surface area contributed by atoms with Crippen molar-refractivity contribution in [2.75, 3.05) is 0 Å². The molecule has 0 aliphatic carbocycles. The molecule has 0 fully saturated rings. The lowest BCUT2D eigenvalue weighted by Gasteiger charge is -2.05. The summed E-state index contributed by atoms with van der Waals surface area (Å²) in [5.74, 6) is -2.21. The molecule has 7 nitrogen and oxygen atoms in total. The molecule has 0 radical (unpaired) electrons. The standard InChI is InChI=1S/C16H15NO6/c18-14(19)8-3-10-1-4-11(5-2-10)15(20)17-9-12-6-7-13(23-12)16(21)22/h1-2,4-7H,3,8-9H2,(H,17,20)(H,18,19)(H,21,22). The number of hydrogen-bond acceptors (Lipinski definition) is 4. The molecule has 0 spiro atoms. The maximum atomic E-state index is 12.0. The number of hydrogen-bond donors (Lipinski definition) is 3. The molecule has 1 heterocycles.